The summed E-state index contributed by atoms with van der Waals surface area (Å²) in [5.74, 6) is -0.187. The van der Waals surface area contributed by atoms with E-state index in [-0.39, 0.29) is 23.2 Å². The van der Waals surface area contributed by atoms with Crippen molar-refractivity contribution in [3.8, 4) is 0 Å². The topological polar surface area (TPSA) is 39.2 Å². The highest BCUT2D eigenvalue weighted by Gasteiger charge is 2.63. The Kier molecular flexibility index (Phi) is 2.81. The van der Waals surface area contributed by atoms with Gasteiger partial charge in [-0.15, -0.1) is 0 Å². The Bertz CT molecular complexity index is 550. The van der Waals surface area contributed by atoms with E-state index >= 15 is 0 Å². The molecule has 20 heavy (non-hydrogen) atoms. The number of nitrogens with zero attached hydrogens (tertiary/aromatic N) is 1. The van der Waals surface area contributed by atoms with Crippen LogP contribution in [0.3, 0.4) is 0 Å². The van der Waals surface area contributed by atoms with E-state index in [1.807, 2.05) is 0 Å². The Morgan fingerprint density at radius 1 is 1.40 bits per heavy atom. The molecule has 0 aliphatic heterocycles. The molecule has 3 rings (SSSR count). The first-order valence-corrected chi connectivity index (χ1v) is 6.47. The highest BCUT2D eigenvalue weighted by atomic mass is 19.4. The average molecular weight is 285 g/mol. The van der Waals surface area contributed by atoms with E-state index in [4.69, 9.17) is 0 Å². The molecule has 0 radical (unpaired) electrons. The maximum Gasteiger partial charge on any atom is 0.433 e. The second-order valence-electron chi connectivity index (χ2n) is 5.72. The van der Waals surface area contributed by atoms with Gasteiger partial charge in [0.1, 0.15) is 5.69 Å². The summed E-state index contributed by atoms with van der Waals surface area (Å²) >= 11 is 0. The van der Waals surface area contributed by atoms with Gasteiger partial charge in [0.05, 0.1) is 13.0 Å². The molecule has 1 atom stereocenters. The molecule has 0 bridgehead atoms. The zero-order chi connectivity index (χ0) is 14.5. The molecule has 2 aliphatic rings. The van der Waals surface area contributed by atoms with Crippen molar-refractivity contribution < 1.29 is 22.7 Å². The minimum absolute atomic E-state index is 0.0169. The molecule has 6 heteroatoms. The fourth-order valence-electron chi connectivity index (χ4n) is 3.34. The lowest BCUT2D eigenvalue weighted by molar-refractivity contribution is -0.151. The average Bonchev–Trinajstić information content (AvgIpc) is 3.11. The second-order valence-corrected chi connectivity index (χ2v) is 5.72. The summed E-state index contributed by atoms with van der Waals surface area (Å²) in [5.41, 5.74) is -0.153. The van der Waals surface area contributed by atoms with Crippen molar-refractivity contribution in [2.45, 2.75) is 31.4 Å². The number of carbonyl (C=O) groups excluding carboxylic acids is 1. The van der Waals surface area contributed by atoms with Crippen LogP contribution in [0.15, 0.2) is 18.3 Å². The molecule has 1 heterocycles. The Labute approximate surface area is 114 Å². The number of aromatic nitrogens is 1. The number of carbonyl (C=O) groups is 1. The number of methoxy groups -OCH3 is 1. The summed E-state index contributed by atoms with van der Waals surface area (Å²) < 4.78 is 42.6. The molecular formula is C14H14F3NO2. The van der Waals surface area contributed by atoms with Crippen molar-refractivity contribution in [1.82, 2.24) is 4.98 Å². The zero-order valence-electron chi connectivity index (χ0n) is 10.9. The van der Waals surface area contributed by atoms with Gasteiger partial charge < -0.3 is 4.74 Å². The molecule has 0 N–H and O–H groups in total. The van der Waals surface area contributed by atoms with E-state index in [2.05, 4.69) is 9.72 Å². The van der Waals surface area contributed by atoms with Gasteiger partial charge >= 0.3 is 12.1 Å². The van der Waals surface area contributed by atoms with Crippen LogP contribution in [0.25, 0.3) is 0 Å². The molecule has 0 amide bonds. The first-order chi connectivity index (χ1) is 9.36. The van der Waals surface area contributed by atoms with Crippen LogP contribution in [-0.2, 0) is 15.7 Å². The highest BCUT2D eigenvalue weighted by molar-refractivity contribution is 5.74. The van der Waals surface area contributed by atoms with Crippen LogP contribution in [0, 0.1) is 11.3 Å². The molecule has 0 aromatic carbocycles. The lowest BCUT2D eigenvalue weighted by Gasteiger charge is -2.35. The summed E-state index contributed by atoms with van der Waals surface area (Å²) in [6.07, 6.45) is -0.920. The summed E-state index contributed by atoms with van der Waals surface area (Å²) in [6, 6.07) is 2.77. The molecule has 1 aromatic rings. The second kappa shape index (κ2) is 4.20. The third-order valence-electron chi connectivity index (χ3n) is 4.51. The van der Waals surface area contributed by atoms with Gasteiger partial charge in [-0.2, -0.15) is 13.2 Å². The van der Waals surface area contributed by atoms with Gasteiger partial charge in [0.15, 0.2) is 0 Å². The quantitative estimate of drug-likeness (QED) is 0.784. The Morgan fingerprint density at radius 3 is 2.70 bits per heavy atom. The molecule has 1 spiro atoms. The predicted octanol–water partition coefficient (Wildman–Crippen LogP) is 3.16. The third-order valence-corrected chi connectivity index (χ3v) is 4.51. The van der Waals surface area contributed by atoms with Gasteiger partial charge in [0.2, 0.25) is 0 Å². The molecule has 108 valence electrons. The minimum Gasteiger partial charge on any atom is -0.469 e. The maximum absolute atomic E-state index is 12.6. The van der Waals surface area contributed by atoms with E-state index in [1.165, 1.54) is 13.3 Å². The third kappa shape index (κ3) is 2.07. The number of hydrogen-bond donors (Lipinski definition) is 0. The van der Waals surface area contributed by atoms with Gasteiger partial charge in [-0.1, -0.05) is 0 Å². The van der Waals surface area contributed by atoms with Crippen molar-refractivity contribution >= 4 is 5.97 Å². The minimum atomic E-state index is -4.41. The van der Waals surface area contributed by atoms with Crippen molar-refractivity contribution in [2.75, 3.05) is 7.11 Å². The van der Waals surface area contributed by atoms with E-state index in [0.717, 1.165) is 12.5 Å². The fraction of sp³-hybridized carbons (Fsp3) is 0.571. The van der Waals surface area contributed by atoms with Gasteiger partial charge in [-0.25, -0.2) is 0 Å². The van der Waals surface area contributed by atoms with Gasteiger partial charge in [-0.3, -0.25) is 9.78 Å². The fourth-order valence-corrected chi connectivity index (χ4v) is 3.34. The normalized spacial score (nSPS) is 31.8. The molecular weight excluding hydrogens is 271 g/mol. The number of ether oxygens (including phenoxy) is 1. The van der Waals surface area contributed by atoms with Gasteiger partial charge in [0, 0.05) is 6.20 Å². The monoisotopic (exact) mass is 285 g/mol. The van der Waals surface area contributed by atoms with E-state index in [0.29, 0.717) is 18.4 Å². The van der Waals surface area contributed by atoms with Crippen LogP contribution in [0.1, 0.15) is 36.4 Å². The highest BCUT2D eigenvalue weighted by Crippen LogP contribution is 2.72. The van der Waals surface area contributed by atoms with E-state index in [1.54, 1.807) is 6.07 Å². The lowest BCUT2D eigenvalue weighted by atomic mass is 9.70. The molecule has 3 nitrogen and oxygen atoms in total. The van der Waals surface area contributed by atoms with Crippen LogP contribution in [0.4, 0.5) is 13.2 Å². The van der Waals surface area contributed by atoms with Crippen molar-refractivity contribution in [1.29, 1.82) is 0 Å². The van der Waals surface area contributed by atoms with Crippen molar-refractivity contribution in [3.05, 3.63) is 29.6 Å². The lowest BCUT2D eigenvalue weighted by Crippen LogP contribution is -2.33. The molecule has 0 saturated heterocycles. The summed E-state index contributed by atoms with van der Waals surface area (Å²) in [4.78, 5) is 14.7. The molecule has 1 unspecified atom stereocenters. The molecule has 1 aromatic heterocycles. The smallest absolute Gasteiger partial charge is 0.433 e. The number of hydrogen-bond acceptors (Lipinski definition) is 3. The number of esters is 1. The Hall–Kier alpha value is -1.59. The van der Waals surface area contributed by atoms with Crippen LogP contribution >= 0.6 is 0 Å². The number of rotatable bonds is 2. The summed E-state index contributed by atoms with van der Waals surface area (Å²) in [7, 11) is 1.36. The zero-order valence-corrected chi connectivity index (χ0v) is 10.9. The summed E-state index contributed by atoms with van der Waals surface area (Å²) in [6.45, 7) is 0. The molecule has 2 aliphatic carbocycles. The molecule has 2 fully saturated rings. The standard InChI is InChI=1S/C14H14F3NO2/c1-20-12(19)9-5-13(6-9)7-10(13)8-2-3-18-11(4-8)14(15,16)17/h2-4,9-10H,5-7H2,1H3. The Balaban J connectivity index is 1.71. The molecule has 2 saturated carbocycles. The van der Waals surface area contributed by atoms with E-state index < -0.39 is 11.9 Å². The van der Waals surface area contributed by atoms with Crippen LogP contribution in [0.2, 0.25) is 0 Å². The SMILES string of the molecule is COC(=O)C1CC2(C1)CC2c1ccnc(C(F)(F)F)c1. The van der Waals surface area contributed by atoms with Crippen LogP contribution < -0.4 is 0 Å². The van der Waals surface area contributed by atoms with Crippen LogP contribution in [0.5, 0.6) is 0 Å². The summed E-state index contributed by atoms with van der Waals surface area (Å²) in [5, 5.41) is 0. The van der Waals surface area contributed by atoms with Crippen molar-refractivity contribution in [3.63, 3.8) is 0 Å². The largest absolute Gasteiger partial charge is 0.469 e. The number of alkyl halides is 3. The van der Waals surface area contributed by atoms with Gasteiger partial charge in [0.25, 0.3) is 0 Å². The number of halogens is 3. The maximum atomic E-state index is 12.6. The Morgan fingerprint density at radius 2 is 2.10 bits per heavy atom. The first kappa shape index (κ1) is 13.4. The predicted molar refractivity (Wildman–Crippen MR) is 63.8 cm³/mol. The van der Waals surface area contributed by atoms with Crippen molar-refractivity contribution in [2.24, 2.45) is 11.3 Å². The van der Waals surface area contributed by atoms with E-state index in [9.17, 15) is 18.0 Å². The van der Waals surface area contributed by atoms with Crippen LogP contribution in [-0.4, -0.2) is 18.1 Å². The first-order valence-electron chi connectivity index (χ1n) is 6.47. The van der Waals surface area contributed by atoms with Gasteiger partial charge in [-0.05, 0) is 48.3 Å². The number of pyridine rings is 1.